The Morgan fingerprint density at radius 2 is 1.07 bits per heavy atom. The molecule has 2 aliphatic heterocycles. The van der Waals surface area contributed by atoms with E-state index in [9.17, 15) is 36.0 Å². The number of nitrogens with one attached hydrogen (secondary N) is 3. The van der Waals surface area contributed by atoms with Gasteiger partial charge in [-0.3, -0.25) is 19.2 Å². The molecule has 2 saturated heterocycles. The van der Waals surface area contributed by atoms with Crippen LogP contribution >= 0.6 is 0 Å². The molecule has 8 atom stereocenters. The van der Waals surface area contributed by atoms with Crippen molar-refractivity contribution in [2.45, 2.75) is 156 Å². The Kier molecular flexibility index (Phi) is 19.6. The second-order valence-corrected chi connectivity index (χ2v) is 22.2. The number of aromatic nitrogens is 8. The summed E-state index contributed by atoms with van der Waals surface area (Å²) in [5, 5.41) is 30.7. The number of carbonyl (C=O) groups is 4. The van der Waals surface area contributed by atoms with Crippen LogP contribution in [-0.4, -0.2) is 166 Å². The minimum Gasteiger partial charge on any atom is -0.363 e. The highest BCUT2D eigenvalue weighted by atomic mass is 32.2. The molecule has 74 heavy (non-hydrogen) atoms. The number of aryl methyl sites for hydroxylation is 2. The van der Waals surface area contributed by atoms with Crippen LogP contribution in [0.5, 0.6) is 0 Å². The predicted molar refractivity (Wildman–Crippen MR) is 267 cm³/mol. The van der Waals surface area contributed by atoms with Crippen LogP contribution in [0, 0.1) is 43.4 Å². The number of tetrazole rings is 2. The van der Waals surface area contributed by atoms with Crippen LogP contribution in [0.2, 0.25) is 0 Å². The Hall–Kier alpha value is -6.64. The average molecular weight is 1060 g/mol. The van der Waals surface area contributed by atoms with Crippen molar-refractivity contribution in [1.82, 2.24) is 66.2 Å². The summed E-state index contributed by atoms with van der Waals surface area (Å²) < 4.78 is 68.4. The first kappa shape index (κ1) is 56.7. The van der Waals surface area contributed by atoms with Crippen molar-refractivity contribution >= 4 is 43.3 Å². The minimum absolute atomic E-state index is 0.00236. The maximum absolute atomic E-state index is 14.3. The third-order valence-electron chi connectivity index (χ3n) is 13.3. The lowest BCUT2D eigenvalue weighted by Crippen LogP contribution is -2.58. The number of benzene rings is 2. The van der Waals surface area contributed by atoms with Gasteiger partial charge in [-0.1, -0.05) is 71.3 Å². The van der Waals surface area contributed by atoms with Crippen LogP contribution in [0.3, 0.4) is 0 Å². The monoisotopic (exact) mass is 1060 g/mol. The summed E-state index contributed by atoms with van der Waals surface area (Å²) in [6.07, 6.45) is 1.13. The maximum Gasteiger partial charge on any atom is 0.272 e. The standard InChI is InChI=1S/C49H65N13O10S2/c1-9-34(4)44(63)51-42(46(65)59-26-14-16-38(59)30-61-48(53-55-57-61)73(67,68)40-22-18-32(2)19-23-40)36(6)71-28-12-10-11-13-29-72-37(7)43(52-45(64)35(5)50-8)47(66)60-27-15-17-39(60)31-62-49(54-56-58-62)74(69,70)41-24-20-33(3)21-25-41/h18-25,34-39,42-43,50H,9,14-17,26-31H2,1-8H3,(H,51,63)(H,52,64)/t34-,35+,36-,37-,38+,39+,42+,43+/m1/s1. The highest BCUT2D eigenvalue weighted by Gasteiger charge is 2.41. The van der Waals surface area contributed by atoms with Gasteiger partial charge in [0.2, 0.25) is 43.3 Å². The molecule has 0 radical (unpaired) electrons. The van der Waals surface area contributed by atoms with Crippen molar-refractivity contribution in [3.63, 3.8) is 0 Å². The van der Waals surface area contributed by atoms with Crippen LogP contribution in [0.1, 0.15) is 77.8 Å². The van der Waals surface area contributed by atoms with E-state index in [1.807, 2.05) is 20.8 Å². The van der Waals surface area contributed by atoms with Crippen LogP contribution in [0.4, 0.5) is 0 Å². The summed E-state index contributed by atoms with van der Waals surface area (Å²) in [6.45, 7) is 12.6. The molecule has 0 aliphatic carbocycles. The fourth-order valence-corrected chi connectivity index (χ4v) is 10.9. The predicted octanol–water partition coefficient (Wildman–Crippen LogP) is 1.06. The van der Waals surface area contributed by atoms with E-state index < -0.39 is 85.7 Å². The van der Waals surface area contributed by atoms with E-state index in [2.05, 4.69) is 70.7 Å². The summed E-state index contributed by atoms with van der Waals surface area (Å²) in [4.78, 5) is 58.3. The zero-order valence-electron chi connectivity index (χ0n) is 42.9. The van der Waals surface area contributed by atoms with Crippen molar-refractivity contribution in [3.8, 4) is 23.7 Å². The number of sulfone groups is 2. The lowest BCUT2D eigenvalue weighted by atomic mass is 10.1. The van der Waals surface area contributed by atoms with Gasteiger partial charge in [-0.05, 0) is 131 Å². The summed E-state index contributed by atoms with van der Waals surface area (Å²) >= 11 is 0. The van der Waals surface area contributed by atoms with E-state index >= 15 is 0 Å². The number of likely N-dealkylation sites (N-methyl/N-ethyl adjacent to an activating group) is 1. The SMILES string of the molecule is CC[C@@H](C)C(=O)N[C@H](C(=O)N1CCC[C@H]1Cn1nnnc1S(=O)(=O)c1ccc(C)cc1)[C@@H](C)OCC#CC#CCO[C@H](C)[C@H](NC(=O)[C@H](C)NC)C(=O)N1CCC[C@H]1Cn1nnnc1S(=O)(=O)c1ccc(C)cc1. The molecule has 23 nitrogen and oxygen atoms in total. The van der Waals surface area contributed by atoms with Gasteiger partial charge in [0, 0.05) is 19.0 Å². The van der Waals surface area contributed by atoms with Crippen molar-refractivity contribution < 1.29 is 45.5 Å². The fourth-order valence-electron chi connectivity index (χ4n) is 8.39. The van der Waals surface area contributed by atoms with Gasteiger partial charge in [-0.2, -0.15) is 0 Å². The minimum atomic E-state index is -4.08. The van der Waals surface area contributed by atoms with Crippen molar-refractivity contribution in [3.05, 3.63) is 59.7 Å². The molecule has 3 N–H and O–H groups in total. The van der Waals surface area contributed by atoms with E-state index in [4.69, 9.17) is 9.47 Å². The second-order valence-electron chi connectivity index (χ2n) is 18.5. The van der Waals surface area contributed by atoms with E-state index in [0.29, 0.717) is 45.2 Å². The molecule has 4 heterocycles. The first-order valence-corrected chi connectivity index (χ1v) is 27.5. The molecule has 2 aromatic carbocycles. The Balaban J connectivity index is 1.07. The Labute approximate surface area is 432 Å². The Bertz CT molecular complexity index is 2760. The van der Waals surface area contributed by atoms with Crippen LogP contribution in [0.25, 0.3) is 0 Å². The molecule has 0 saturated carbocycles. The number of nitrogens with zero attached hydrogens (tertiary/aromatic N) is 10. The first-order valence-electron chi connectivity index (χ1n) is 24.5. The summed E-state index contributed by atoms with van der Waals surface area (Å²) in [7, 11) is -6.54. The molecule has 0 spiro atoms. The van der Waals surface area contributed by atoms with Gasteiger partial charge in [0.05, 0.1) is 53.2 Å². The molecule has 4 aromatic rings. The average Bonchev–Trinajstić information content (AvgIpc) is 4.24. The topological polar surface area (TPSA) is 285 Å². The van der Waals surface area contributed by atoms with Crippen LogP contribution < -0.4 is 16.0 Å². The molecule has 2 fully saturated rings. The lowest BCUT2D eigenvalue weighted by Gasteiger charge is -2.32. The zero-order valence-corrected chi connectivity index (χ0v) is 44.5. The highest BCUT2D eigenvalue weighted by molar-refractivity contribution is 7.91. The normalized spacial score (nSPS) is 18.2. The summed E-state index contributed by atoms with van der Waals surface area (Å²) in [6, 6.07) is 8.80. The Morgan fingerprint density at radius 3 is 1.46 bits per heavy atom. The van der Waals surface area contributed by atoms with E-state index in [-0.39, 0.29) is 52.3 Å². The van der Waals surface area contributed by atoms with Gasteiger partial charge in [-0.25, -0.2) is 26.2 Å². The lowest BCUT2D eigenvalue weighted by molar-refractivity contribution is -0.142. The van der Waals surface area contributed by atoms with Gasteiger partial charge in [0.15, 0.2) is 0 Å². The summed E-state index contributed by atoms with van der Waals surface area (Å²) in [5.74, 6) is 8.97. The second kappa shape index (κ2) is 25.5. The molecule has 4 amide bonds. The molecule has 0 bridgehead atoms. The fraction of sp³-hybridized carbons (Fsp3) is 0.551. The number of hydrogen-bond acceptors (Lipinski definition) is 17. The molecule has 2 aromatic heterocycles. The number of ether oxygens (including phenoxy) is 2. The molecule has 25 heteroatoms. The van der Waals surface area contributed by atoms with Gasteiger partial charge < -0.3 is 35.2 Å². The van der Waals surface area contributed by atoms with E-state index in [1.165, 1.54) is 33.6 Å². The molecule has 6 rings (SSSR count). The third-order valence-corrected chi connectivity index (χ3v) is 16.6. The zero-order chi connectivity index (χ0) is 53.7. The van der Waals surface area contributed by atoms with Crippen molar-refractivity contribution in [1.29, 1.82) is 0 Å². The van der Waals surface area contributed by atoms with E-state index in [0.717, 1.165) is 11.1 Å². The number of hydrogen-bond donors (Lipinski definition) is 3. The third kappa shape index (κ3) is 13.7. The van der Waals surface area contributed by atoms with Gasteiger partial charge in [0.25, 0.3) is 10.3 Å². The number of amides is 4. The largest absolute Gasteiger partial charge is 0.363 e. The van der Waals surface area contributed by atoms with Crippen LogP contribution in [0.15, 0.2) is 68.6 Å². The van der Waals surface area contributed by atoms with Crippen molar-refractivity contribution in [2.24, 2.45) is 5.92 Å². The molecular weight excluding hydrogens is 995 g/mol. The number of rotatable bonds is 22. The highest BCUT2D eigenvalue weighted by Crippen LogP contribution is 2.26. The maximum atomic E-state index is 14.3. The van der Waals surface area contributed by atoms with Gasteiger partial charge >= 0.3 is 0 Å². The van der Waals surface area contributed by atoms with Gasteiger partial charge in [0.1, 0.15) is 25.3 Å². The Morgan fingerprint density at radius 1 is 0.662 bits per heavy atom. The number of carbonyl (C=O) groups excluding carboxylic acids is 4. The van der Waals surface area contributed by atoms with Crippen molar-refractivity contribution in [2.75, 3.05) is 33.4 Å². The smallest absolute Gasteiger partial charge is 0.272 e. The van der Waals surface area contributed by atoms with E-state index in [1.54, 1.807) is 68.8 Å². The van der Waals surface area contributed by atoms with Crippen LogP contribution in [-0.2, 0) is 61.4 Å². The number of likely N-dealkylation sites (tertiary alicyclic amines) is 2. The molecule has 0 unspecified atom stereocenters. The summed E-state index contributed by atoms with van der Waals surface area (Å²) in [5.41, 5.74) is 1.77. The molecule has 2 aliphatic rings. The van der Waals surface area contributed by atoms with Gasteiger partial charge in [-0.15, -0.1) is 0 Å². The molecular formula is C49H65N13O10S2. The first-order chi connectivity index (χ1) is 35.3. The quantitative estimate of drug-likeness (QED) is 0.0928. The molecule has 398 valence electrons.